The Kier molecular flexibility index (Phi) is 5.92. The van der Waals surface area contributed by atoms with Gasteiger partial charge in [-0.3, -0.25) is 9.59 Å². The summed E-state index contributed by atoms with van der Waals surface area (Å²) in [5.74, 6) is -2.39. The topological polar surface area (TPSA) is 89.6 Å². The van der Waals surface area contributed by atoms with Gasteiger partial charge in [0.05, 0.1) is 12.3 Å². The van der Waals surface area contributed by atoms with E-state index in [0.29, 0.717) is 5.56 Å². The number of halogens is 1. The Morgan fingerprint density at radius 1 is 1.38 bits per heavy atom. The zero-order valence-corrected chi connectivity index (χ0v) is 13.9. The first-order valence-electron chi connectivity index (χ1n) is 6.56. The second kappa shape index (κ2) is 7.04. The minimum atomic E-state index is -1.05. The summed E-state index contributed by atoms with van der Waals surface area (Å²) in [6.45, 7) is 5.27. The van der Waals surface area contributed by atoms with Crippen LogP contribution in [0.2, 0.25) is 0 Å². The van der Waals surface area contributed by atoms with Crippen LogP contribution in [-0.4, -0.2) is 28.7 Å². The summed E-state index contributed by atoms with van der Waals surface area (Å²) in [5.41, 5.74) is 5.89. The third-order valence-corrected chi connectivity index (χ3v) is 3.20. The van der Waals surface area contributed by atoms with Gasteiger partial charge >= 0.3 is 11.9 Å². The zero-order chi connectivity index (χ0) is 16.2. The second-order valence-electron chi connectivity index (χ2n) is 5.83. The van der Waals surface area contributed by atoms with Crippen molar-refractivity contribution in [2.45, 2.75) is 44.8 Å². The largest absolute Gasteiger partial charge is 0.481 e. The molecule has 6 heteroatoms. The third-order valence-electron chi connectivity index (χ3n) is 2.71. The van der Waals surface area contributed by atoms with Gasteiger partial charge in [0.1, 0.15) is 5.60 Å². The Bertz CT molecular complexity index is 525. The van der Waals surface area contributed by atoms with Crippen molar-refractivity contribution < 1.29 is 19.4 Å². The maximum atomic E-state index is 12.4. The van der Waals surface area contributed by atoms with Gasteiger partial charge in [-0.15, -0.1) is 0 Å². The van der Waals surface area contributed by atoms with Crippen molar-refractivity contribution in [3.63, 3.8) is 0 Å². The zero-order valence-electron chi connectivity index (χ0n) is 12.3. The summed E-state index contributed by atoms with van der Waals surface area (Å²) in [4.78, 5) is 23.3. The Hall–Kier alpha value is -1.40. The number of aliphatic carboxylic acids is 1. The summed E-state index contributed by atoms with van der Waals surface area (Å²) in [6.07, 6.45) is -0.309. The molecule has 0 aliphatic heterocycles. The molecule has 5 nitrogen and oxygen atoms in total. The van der Waals surface area contributed by atoms with Gasteiger partial charge in [0.15, 0.2) is 0 Å². The quantitative estimate of drug-likeness (QED) is 0.790. The number of nitrogens with two attached hydrogens (primary N) is 1. The maximum Gasteiger partial charge on any atom is 0.315 e. The van der Waals surface area contributed by atoms with Crippen molar-refractivity contribution in [2.75, 3.05) is 0 Å². The fraction of sp³-hybridized carbons (Fsp3) is 0.467. The highest BCUT2D eigenvalue weighted by Gasteiger charge is 2.33. The molecule has 1 aromatic carbocycles. The first-order valence-corrected chi connectivity index (χ1v) is 7.35. The van der Waals surface area contributed by atoms with E-state index in [9.17, 15) is 9.59 Å². The van der Waals surface area contributed by atoms with Crippen molar-refractivity contribution in [1.29, 1.82) is 0 Å². The number of hydrogen-bond acceptors (Lipinski definition) is 4. The van der Waals surface area contributed by atoms with E-state index in [-0.39, 0.29) is 6.42 Å². The average molecular weight is 358 g/mol. The highest BCUT2D eigenvalue weighted by molar-refractivity contribution is 9.10. The SMILES string of the molecule is CC(C)(C)OC(=O)C(c1cccc(Br)c1)[C@@H](N)CC(=O)O. The van der Waals surface area contributed by atoms with Crippen LogP contribution in [0, 0.1) is 0 Å². The van der Waals surface area contributed by atoms with Crippen molar-refractivity contribution in [3.05, 3.63) is 34.3 Å². The molecule has 0 saturated carbocycles. The average Bonchev–Trinajstić information content (AvgIpc) is 2.25. The molecule has 1 rings (SSSR count). The van der Waals surface area contributed by atoms with Crippen LogP contribution in [0.1, 0.15) is 38.7 Å². The number of hydrogen-bond donors (Lipinski definition) is 2. The minimum Gasteiger partial charge on any atom is -0.481 e. The molecule has 3 N–H and O–H groups in total. The number of benzene rings is 1. The fourth-order valence-electron chi connectivity index (χ4n) is 1.94. The molecule has 0 saturated heterocycles. The normalized spacial score (nSPS) is 14.3. The molecule has 21 heavy (non-hydrogen) atoms. The predicted octanol–water partition coefficient (Wildman–Crippen LogP) is 2.68. The van der Waals surface area contributed by atoms with Gasteiger partial charge in [-0.25, -0.2) is 0 Å². The lowest BCUT2D eigenvalue weighted by atomic mass is 9.90. The van der Waals surface area contributed by atoms with E-state index >= 15 is 0 Å². The molecular formula is C15H20BrNO4. The van der Waals surface area contributed by atoms with E-state index in [1.54, 1.807) is 39.0 Å². The van der Waals surface area contributed by atoms with Gasteiger partial charge < -0.3 is 15.6 Å². The maximum absolute atomic E-state index is 12.4. The van der Waals surface area contributed by atoms with E-state index in [1.165, 1.54) is 0 Å². The van der Waals surface area contributed by atoms with E-state index in [0.717, 1.165) is 4.47 Å². The van der Waals surface area contributed by atoms with Crippen molar-refractivity contribution >= 4 is 27.9 Å². The number of carbonyl (C=O) groups is 2. The molecule has 0 bridgehead atoms. The standard InChI is InChI=1S/C15H20BrNO4/c1-15(2,3)21-14(20)13(11(17)8-12(18)19)9-5-4-6-10(16)7-9/h4-7,11,13H,8,17H2,1-3H3,(H,18,19)/t11-,13?/m0/s1. The first kappa shape index (κ1) is 17.7. The Morgan fingerprint density at radius 3 is 2.48 bits per heavy atom. The van der Waals surface area contributed by atoms with Crippen LogP contribution in [-0.2, 0) is 14.3 Å². The van der Waals surface area contributed by atoms with Gasteiger partial charge in [0.2, 0.25) is 0 Å². The van der Waals surface area contributed by atoms with Gasteiger partial charge in [-0.1, -0.05) is 28.1 Å². The lowest BCUT2D eigenvalue weighted by molar-refractivity contribution is -0.157. The molecule has 0 heterocycles. The van der Waals surface area contributed by atoms with Crippen molar-refractivity contribution in [2.24, 2.45) is 5.73 Å². The summed E-state index contributed by atoms with van der Waals surface area (Å²) in [5, 5.41) is 8.91. The molecule has 0 fully saturated rings. The van der Waals surface area contributed by atoms with Crippen LogP contribution in [0.5, 0.6) is 0 Å². The molecule has 0 radical (unpaired) electrons. The van der Waals surface area contributed by atoms with Crippen molar-refractivity contribution in [1.82, 2.24) is 0 Å². The molecule has 1 aromatic rings. The smallest absolute Gasteiger partial charge is 0.315 e. The number of rotatable bonds is 5. The lowest BCUT2D eigenvalue weighted by Gasteiger charge is -2.27. The number of carbonyl (C=O) groups excluding carboxylic acids is 1. The summed E-state index contributed by atoms with van der Waals surface area (Å²) in [6, 6.07) is 6.21. The highest BCUT2D eigenvalue weighted by Crippen LogP contribution is 2.27. The lowest BCUT2D eigenvalue weighted by Crippen LogP contribution is -2.39. The minimum absolute atomic E-state index is 0.309. The molecule has 0 aromatic heterocycles. The Labute approximate surface area is 132 Å². The third kappa shape index (κ3) is 5.85. The van der Waals surface area contributed by atoms with Crippen LogP contribution in [0.4, 0.5) is 0 Å². The van der Waals surface area contributed by atoms with E-state index < -0.39 is 29.5 Å². The molecule has 116 valence electrons. The molecule has 2 atom stereocenters. The van der Waals surface area contributed by atoms with Crippen LogP contribution in [0.3, 0.4) is 0 Å². The van der Waals surface area contributed by atoms with E-state index in [4.69, 9.17) is 15.6 Å². The van der Waals surface area contributed by atoms with E-state index in [1.807, 2.05) is 6.07 Å². The highest BCUT2D eigenvalue weighted by atomic mass is 79.9. The van der Waals surface area contributed by atoms with Crippen LogP contribution >= 0.6 is 15.9 Å². The molecule has 0 aliphatic rings. The van der Waals surface area contributed by atoms with Gasteiger partial charge in [-0.05, 0) is 38.5 Å². The van der Waals surface area contributed by atoms with Gasteiger partial charge in [-0.2, -0.15) is 0 Å². The van der Waals surface area contributed by atoms with Crippen LogP contribution in [0.25, 0.3) is 0 Å². The summed E-state index contributed by atoms with van der Waals surface area (Å²) in [7, 11) is 0. The molecular weight excluding hydrogens is 338 g/mol. The summed E-state index contributed by atoms with van der Waals surface area (Å²) >= 11 is 3.33. The molecule has 0 aliphatic carbocycles. The number of esters is 1. The molecule has 1 unspecified atom stereocenters. The molecule has 0 spiro atoms. The number of carboxylic acids is 1. The number of carboxylic acid groups (broad SMARTS) is 1. The fourth-order valence-corrected chi connectivity index (χ4v) is 2.36. The Balaban J connectivity index is 3.10. The van der Waals surface area contributed by atoms with Crippen molar-refractivity contribution in [3.8, 4) is 0 Å². The Morgan fingerprint density at radius 2 is 2.00 bits per heavy atom. The number of ether oxygens (including phenoxy) is 1. The summed E-state index contributed by atoms with van der Waals surface area (Å²) < 4.78 is 6.16. The van der Waals surface area contributed by atoms with Crippen LogP contribution < -0.4 is 5.73 Å². The van der Waals surface area contributed by atoms with Gasteiger partial charge in [0.25, 0.3) is 0 Å². The van der Waals surface area contributed by atoms with Gasteiger partial charge in [0, 0.05) is 10.5 Å². The first-order chi connectivity index (χ1) is 9.60. The monoisotopic (exact) mass is 357 g/mol. The second-order valence-corrected chi connectivity index (χ2v) is 6.74. The van der Waals surface area contributed by atoms with E-state index in [2.05, 4.69) is 15.9 Å². The van der Waals surface area contributed by atoms with Crippen LogP contribution in [0.15, 0.2) is 28.7 Å². The molecule has 0 amide bonds. The predicted molar refractivity (Wildman–Crippen MR) is 83.0 cm³/mol.